The lowest BCUT2D eigenvalue weighted by Gasteiger charge is -2.07. The molecule has 0 bridgehead atoms. The lowest BCUT2D eigenvalue weighted by molar-refractivity contribution is 0.414. The molecule has 0 radical (unpaired) electrons. The molecule has 2 aromatic carbocycles. The number of methoxy groups -OCH3 is 2. The normalized spacial score (nSPS) is 11.1. The number of halogens is 1. The first-order valence-electron chi connectivity index (χ1n) is 9.01. The number of hydrogen-bond acceptors (Lipinski definition) is 3. The Labute approximate surface area is 182 Å². The number of guanidine groups is 1. The number of H-pyrrole nitrogens is 1. The molecule has 7 heteroatoms. The molecule has 0 atom stereocenters. The smallest absolute Gasteiger partial charge is 0.188 e. The van der Waals surface area contributed by atoms with Crippen LogP contribution in [0.2, 0.25) is 0 Å². The second-order valence-corrected chi connectivity index (χ2v) is 6.24. The van der Waals surface area contributed by atoms with Crippen LogP contribution in [0.5, 0.6) is 11.5 Å². The Hall–Kier alpha value is -2.42. The third kappa shape index (κ3) is 5.54. The topological polar surface area (TPSA) is 84.7 Å². The molecule has 0 aliphatic heterocycles. The van der Waals surface area contributed by atoms with E-state index in [1.165, 1.54) is 11.1 Å². The maximum Gasteiger partial charge on any atom is 0.188 e. The van der Waals surface area contributed by atoms with E-state index in [1.54, 1.807) is 14.2 Å². The molecule has 0 aliphatic carbocycles. The quantitative estimate of drug-likeness (QED) is 0.254. The van der Waals surface area contributed by atoms with Crippen molar-refractivity contribution >= 4 is 40.8 Å². The van der Waals surface area contributed by atoms with Crippen molar-refractivity contribution in [3.05, 3.63) is 59.8 Å². The van der Waals surface area contributed by atoms with Crippen molar-refractivity contribution in [2.75, 3.05) is 27.3 Å². The minimum Gasteiger partial charge on any atom is -0.497 e. The number of fused-ring (bicyclic) bond motifs is 1. The molecule has 1 aromatic heterocycles. The molecule has 0 aliphatic rings. The number of nitrogens with one attached hydrogen (secondary N) is 2. The number of nitrogens with zero attached hydrogens (tertiary/aromatic N) is 1. The Morgan fingerprint density at radius 3 is 2.57 bits per heavy atom. The monoisotopic (exact) mass is 494 g/mol. The Bertz CT molecular complexity index is 906. The van der Waals surface area contributed by atoms with Gasteiger partial charge in [-0.05, 0) is 48.2 Å². The number of rotatable bonds is 8. The van der Waals surface area contributed by atoms with Crippen LogP contribution < -0.4 is 20.5 Å². The van der Waals surface area contributed by atoms with Crippen LogP contribution in [0, 0.1) is 0 Å². The molecule has 0 spiro atoms. The van der Waals surface area contributed by atoms with Crippen LogP contribution in [0.1, 0.15) is 11.1 Å². The summed E-state index contributed by atoms with van der Waals surface area (Å²) in [4.78, 5) is 7.71. The van der Waals surface area contributed by atoms with E-state index in [9.17, 15) is 0 Å². The van der Waals surface area contributed by atoms with E-state index in [-0.39, 0.29) is 24.0 Å². The van der Waals surface area contributed by atoms with Crippen LogP contribution in [0.4, 0.5) is 0 Å². The highest BCUT2D eigenvalue weighted by molar-refractivity contribution is 14.0. The van der Waals surface area contributed by atoms with Gasteiger partial charge < -0.3 is 25.5 Å². The molecule has 4 N–H and O–H groups in total. The van der Waals surface area contributed by atoms with Crippen molar-refractivity contribution < 1.29 is 9.47 Å². The van der Waals surface area contributed by atoms with Gasteiger partial charge in [-0.1, -0.05) is 18.2 Å². The van der Waals surface area contributed by atoms with Gasteiger partial charge in [0.25, 0.3) is 0 Å². The molecule has 0 amide bonds. The second-order valence-electron chi connectivity index (χ2n) is 6.24. The second kappa shape index (κ2) is 10.8. The summed E-state index contributed by atoms with van der Waals surface area (Å²) in [6, 6.07) is 14.0. The molecular weight excluding hydrogens is 467 g/mol. The van der Waals surface area contributed by atoms with E-state index in [1.807, 2.05) is 36.5 Å². The molecule has 6 nitrogen and oxygen atoms in total. The molecule has 0 fully saturated rings. The fourth-order valence-electron chi connectivity index (χ4n) is 3.07. The van der Waals surface area contributed by atoms with Crippen LogP contribution in [0.25, 0.3) is 10.9 Å². The Morgan fingerprint density at radius 1 is 1.07 bits per heavy atom. The van der Waals surface area contributed by atoms with Gasteiger partial charge in [-0.2, -0.15) is 0 Å². The maximum atomic E-state index is 5.98. The first-order chi connectivity index (χ1) is 13.2. The maximum absolute atomic E-state index is 5.98. The Morgan fingerprint density at radius 2 is 1.86 bits per heavy atom. The number of nitrogens with two attached hydrogens (primary N) is 1. The van der Waals surface area contributed by atoms with Gasteiger partial charge in [-0.3, -0.25) is 4.99 Å². The zero-order chi connectivity index (χ0) is 19.1. The summed E-state index contributed by atoms with van der Waals surface area (Å²) in [5.41, 5.74) is 9.45. The first-order valence-corrected chi connectivity index (χ1v) is 9.01. The molecular formula is C21H27IN4O2. The number of benzene rings is 2. The zero-order valence-corrected chi connectivity index (χ0v) is 18.5. The van der Waals surface area contributed by atoms with E-state index in [2.05, 4.69) is 27.4 Å². The standard InChI is InChI=1S/C21H26N4O2.HI/c1-26-17-8-6-15(7-9-17)10-12-23-21(22)24-13-11-16-14-25-18-4-3-5-19(27-2)20(16)18;/h3-9,14,25H,10-13H2,1-2H3,(H3,22,23,24);1H. The third-order valence-corrected chi connectivity index (χ3v) is 4.51. The summed E-state index contributed by atoms with van der Waals surface area (Å²) < 4.78 is 10.6. The molecule has 3 rings (SSSR count). The predicted octanol–water partition coefficient (Wildman–Crippen LogP) is 3.49. The van der Waals surface area contributed by atoms with Crippen LogP contribution in [-0.2, 0) is 12.8 Å². The molecule has 0 saturated carbocycles. The van der Waals surface area contributed by atoms with Crippen molar-refractivity contribution in [3.8, 4) is 11.5 Å². The number of ether oxygens (including phenoxy) is 2. The average molecular weight is 494 g/mol. The van der Waals surface area contributed by atoms with Crippen molar-refractivity contribution in [3.63, 3.8) is 0 Å². The lowest BCUT2D eigenvalue weighted by atomic mass is 10.1. The van der Waals surface area contributed by atoms with Crippen molar-refractivity contribution in [1.82, 2.24) is 10.3 Å². The van der Waals surface area contributed by atoms with Crippen LogP contribution >= 0.6 is 24.0 Å². The van der Waals surface area contributed by atoms with Gasteiger partial charge in [-0.25, -0.2) is 0 Å². The molecule has 0 saturated heterocycles. The van der Waals surface area contributed by atoms with Crippen LogP contribution in [-0.4, -0.2) is 38.3 Å². The number of aromatic amines is 1. The fourth-order valence-corrected chi connectivity index (χ4v) is 3.07. The third-order valence-electron chi connectivity index (χ3n) is 4.51. The summed E-state index contributed by atoms with van der Waals surface area (Å²) in [6.07, 6.45) is 3.68. The molecule has 0 unspecified atom stereocenters. The van der Waals surface area contributed by atoms with Crippen LogP contribution in [0.15, 0.2) is 53.7 Å². The summed E-state index contributed by atoms with van der Waals surface area (Å²) in [7, 11) is 3.36. The van der Waals surface area contributed by atoms with Gasteiger partial charge in [0.15, 0.2) is 5.96 Å². The van der Waals surface area contributed by atoms with E-state index >= 15 is 0 Å². The molecule has 1 heterocycles. The van der Waals surface area contributed by atoms with Crippen LogP contribution in [0.3, 0.4) is 0 Å². The number of aliphatic imine (C=N–C) groups is 1. The van der Waals surface area contributed by atoms with Gasteiger partial charge >= 0.3 is 0 Å². The van der Waals surface area contributed by atoms with E-state index < -0.39 is 0 Å². The van der Waals surface area contributed by atoms with E-state index in [0.29, 0.717) is 12.5 Å². The van der Waals surface area contributed by atoms with E-state index in [0.717, 1.165) is 41.8 Å². The molecule has 28 heavy (non-hydrogen) atoms. The summed E-state index contributed by atoms with van der Waals surface area (Å²) in [5.74, 6) is 2.20. The first kappa shape index (κ1) is 21.9. The van der Waals surface area contributed by atoms with Gasteiger partial charge in [0.05, 0.1) is 14.2 Å². The largest absolute Gasteiger partial charge is 0.497 e. The predicted molar refractivity (Wildman–Crippen MR) is 125 cm³/mol. The Balaban J connectivity index is 0.00000280. The summed E-state index contributed by atoms with van der Waals surface area (Å²) in [6.45, 7) is 1.36. The highest BCUT2D eigenvalue weighted by Crippen LogP contribution is 2.28. The fraction of sp³-hybridized carbons (Fsp3) is 0.286. The van der Waals surface area contributed by atoms with Gasteiger partial charge in [0.1, 0.15) is 11.5 Å². The van der Waals surface area contributed by atoms with E-state index in [4.69, 9.17) is 15.2 Å². The summed E-state index contributed by atoms with van der Waals surface area (Å²) >= 11 is 0. The average Bonchev–Trinajstić information content (AvgIpc) is 3.12. The van der Waals surface area contributed by atoms with Gasteiger partial charge in [-0.15, -0.1) is 24.0 Å². The van der Waals surface area contributed by atoms with Crippen molar-refractivity contribution in [2.45, 2.75) is 12.8 Å². The lowest BCUT2D eigenvalue weighted by Crippen LogP contribution is -2.33. The number of aromatic nitrogens is 1. The number of hydrogen-bond donors (Lipinski definition) is 3. The Kier molecular flexibility index (Phi) is 8.43. The van der Waals surface area contributed by atoms with Gasteiger partial charge in [0, 0.05) is 30.2 Å². The van der Waals surface area contributed by atoms with Crippen molar-refractivity contribution in [2.24, 2.45) is 10.7 Å². The molecule has 150 valence electrons. The zero-order valence-electron chi connectivity index (χ0n) is 16.2. The van der Waals surface area contributed by atoms with Gasteiger partial charge in [0.2, 0.25) is 0 Å². The highest BCUT2D eigenvalue weighted by atomic mass is 127. The van der Waals surface area contributed by atoms with Crippen molar-refractivity contribution in [1.29, 1.82) is 0 Å². The minimum absolute atomic E-state index is 0. The SMILES string of the molecule is COc1ccc(CCNC(N)=NCCc2c[nH]c3cccc(OC)c23)cc1.I. The minimum atomic E-state index is 0. The molecule has 3 aromatic rings. The summed E-state index contributed by atoms with van der Waals surface area (Å²) in [5, 5.41) is 4.28. The highest BCUT2D eigenvalue weighted by Gasteiger charge is 2.08.